The van der Waals surface area contributed by atoms with Crippen LogP contribution in [-0.4, -0.2) is 27.2 Å². The molecule has 3 aromatic rings. The maximum absolute atomic E-state index is 11.1. The van der Waals surface area contributed by atoms with Gasteiger partial charge in [0.2, 0.25) is 0 Å². The third-order valence-corrected chi connectivity index (χ3v) is 2.72. The van der Waals surface area contributed by atoms with Gasteiger partial charge in [-0.3, -0.25) is 4.98 Å². The number of aryl methyl sites for hydroxylation is 1. The normalized spacial score (nSPS) is 10.8. The molecule has 0 unspecified atom stereocenters. The van der Waals surface area contributed by atoms with Gasteiger partial charge in [-0.2, -0.15) is 0 Å². The van der Waals surface area contributed by atoms with Crippen LogP contribution in [0.15, 0.2) is 27.4 Å². The second kappa shape index (κ2) is 4.20. The highest BCUT2D eigenvalue weighted by Crippen LogP contribution is 2.25. The molecule has 0 atom stereocenters. The molecule has 0 saturated carbocycles. The first kappa shape index (κ1) is 11.4. The number of hydrogen-bond donors (Lipinski definition) is 2. The Morgan fingerprint density at radius 2 is 2.16 bits per heavy atom. The highest BCUT2D eigenvalue weighted by molar-refractivity contribution is 5.81. The Kier molecular flexibility index (Phi) is 2.52. The molecule has 2 aromatic heterocycles. The fourth-order valence-corrected chi connectivity index (χ4v) is 1.87. The van der Waals surface area contributed by atoms with E-state index >= 15 is 0 Å². The Labute approximate surface area is 107 Å². The summed E-state index contributed by atoms with van der Waals surface area (Å²) in [4.78, 5) is 18.0. The number of rotatable bonds is 2. The number of aromatic nitrogens is 4. The summed E-state index contributed by atoms with van der Waals surface area (Å²) in [5, 5.41) is 11.1. The van der Waals surface area contributed by atoms with Crippen LogP contribution in [0.4, 0.5) is 5.82 Å². The maximum Gasteiger partial charge on any atom is 0.417 e. The first-order chi connectivity index (χ1) is 9.17. The number of nitrogens with zero attached hydrogens (tertiary/aromatic N) is 3. The summed E-state index contributed by atoms with van der Waals surface area (Å²) in [6.07, 6.45) is 0. The van der Waals surface area contributed by atoms with Crippen LogP contribution in [0.25, 0.3) is 22.4 Å². The molecule has 0 aliphatic carbocycles. The predicted octanol–water partition coefficient (Wildman–Crippen LogP) is 1.32. The Morgan fingerprint density at radius 1 is 1.32 bits per heavy atom. The zero-order valence-electron chi connectivity index (χ0n) is 10.4. The molecule has 0 fully saturated rings. The quantitative estimate of drug-likeness (QED) is 0.718. The van der Waals surface area contributed by atoms with Gasteiger partial charge in [0.1, 0.15) is 11.5 Å². The number of hydrogen-bond acceptors (Lipinski definition) is 6. The fraction of sp³-hybridized carbons (Fsp3) is 0.167. The van der Waals surface area contributed by atoms with E-state index < -0.39 is 5.76 Å². The zero-order valence-corrected chi connectivity index (χ0v) is 10.4. The number of fused-ring (bicyclic) bond motifs is 1. The molecule has 96 valence electrons. The minimum absolute atomic E-state index is 0.478. The van der Waals surface area contributed by atoms with Crippen molar-refractivity contribution in [2.45, 2.75) is 6.92 Å². The summed E-state index contributed by atoms with van der Waals surface area (Å²) in [7, 11) is 1.77. The van der Waals surface area contributed by atoms with Gasteiger partial charge in [-0.15, -0.1) is 10.2 Å². The minimum Gasteiger partial charge on any atom is -0.408 e. The monoisotopic (exact) mass is 257 g/mol. The van der Waals surface area contributed by atoms with Crippen LogP contribution in [0.3, 0.4) is 0 Å². The molecular formula is C12H11N5O2. The van der Waals surface area contributed by atoms with E-state index in [1.165, 1.54) is 0 Å². The van der Waals surface area contributed by atoms with Crippen molar-refractivity contribution >= 4 is 16.9 Å². The van der Waals surface area contributed by atoms with E-state index in [-0.39, 0.29) is 0 Å². The van der Waals surface area contributed by atoms with Crippen LogP contribution in [0.5, 0.6) is 0 Å². The van der Waals surface area contributed by atoms with Crippen molar-refractivity contribution in [1.82, 2.24) is 20.2 Å². The van der Waals surface area contributed by atoms with Gasteiger partial charge in [0.05, 0.1) is 5.52 Å². The highest BCUT2D eigenvalue weighted by Gasteiger charge is 2.11. The van der Waals surface area contributed by atoms with Gasteiger partial charge in [0.25, 0.3) is 0 Å². The summed E-state index contributed by atoms with van der Waals surface area (Å²) in [6.45, 7) is 1.77. The Balaban J connectivity index is 2.20. The predicted molar refractivity (Wildman–Crippen MR) is 69.9 cm³/mol. The van der Waals surface area contributed by atoms with Gasteiger partial charge in [-0.1, -0.05) is 6.07 Å². The molecule has 0 radical (unpaired) electrons. The van der Waals surface area contributed by atoms with Crippen molar-refractivity contribution in [2.24, 2.45) is 0 Å². The fourth-order valence-electron chi connectivity index (χ4n) is 1.87. The lowest BCUT2D eigenvalue weighted by molar-refractivity contribution is 0.555. The third kappa shape index (κ3) is 1.95. The lowest BCUT2D eigenvalue weighted by Crippen LogP contribution is -2.02. The van der Waals surface area contributed by atoms with Crippen molar-refractivity contribution in [3.8, 4) is 11.3 Å². The number of benzene rings is 1. The second-order valence-corrected chi connectivity index (χ2v) is 4.03. The van der Waals surface area contributed by atoms with Crippen LogP contribution in [0.1, 0.15) is 5.82 Å². The van der Waals surface area contributed by atoms with Crippen LogP contribution in [0, 0.1) is 6.92 Å². The van der Waals surface area contributed by atoms with Crippen molar-refractivity contribution < 1.29 is 4.42 Å². The van der Waals surface area contributed by atoms with Gasteiger partial charge in [-0.25, -0.2) is 9.78 Å². The molecule has 7 nitrogen and oxygen atoms in total. The van der Waals surface area contributed by atoms with Crippen LogP contribution in [0.2, 0.25) is 0 Å². The first-order valence-corrected chi connectivity index (χ1v) is 5.69. The first-order valence-electron chi connectivity index (χ1n) is 5.69. The number of nitrogens with one attached hydrogen (secondary N) is 2. The topological polar surface area (TPSA) is 96.7 Å². The molecule has 0 spiro atoms. The number of oxazole rings is 1. The largest absolute Gasteiger partial charge is 0.417 e. The Morgan fingerprint density at radius 3 is 2.95 bits per heavy atom. The van der Waals surface area contributed by atoms with Crippen molar-refractivity contribution in [3.05, 3.63) is 34.6 Å². The molecule has 0 amide bonds. The van der Waals surface area contributed by atoms with E-state index in [9.17, 15) is 4.79 Å². The van der Waals surface area contributed by atoms with E-state index in [2.05, 4.69) is 25.5 Å². The van der Waals surface area contributed by atoms with E-state index in [4.69, 9.17) is 4.42 Å². The summed E-state index contributed by atoms with van der Waals surface area (Å²) >= 11 is 0. The molecule has 1 aromatic carbocycles. The van der Waals surface area contributed by atoms with Gasteiger partial charge in [0, 0.05) is 12.6 Å². The molecule has 0 saturated heterocycles. The summed E-state index contributed by atoms with van der Waals surface area (Å²) in [6, 6.07) is 5.32. The zero-order chi connectivity index (χ0) is 13.4. The van der Waals surface area contributed by atoms with Crippen LogP contribution < -0.4 is 11.1 Å². The molecule has 7 heteroatoms. The van der Waals surface area contributed by atoms with Gasteiger partial charge in [-0.05, 0) is 19.1 Å². The van der Waals surface area contributed by atoms with E-state index in [0.29, 0.717) is 28.4 Å². The average Bonchev–Trinajstić information content (AvgIpc) is 2.77. The summed E-state index contributed by atoms with van der Waals surface area (Å²) in [5.74, 6) is 0.737. The van der Waals surface area contributed by atoms with Crippen molar-refractivity contribution in [3.63, 3.8) is 0 Å². The molecular weight excluding hydrogens is 246 g/mol. The number of aromatic amines is 1. The SMILES string of the molecule is CNc1nc(C)nnc1-c1ccc2[nH]c(=O)oc2c1. The molecule has 0 aliphatic heterocycles. The highest BCUT2D eigenvalue weighted by atomic mass is 16.4. The molecule has 0 bridgehead atoms. The van der Waals surface area contributed by atoms with E-state index in [0.717, 1.165) is 5.56 Å². The second-order valence-electron chi connectivity index (χ2n) is 4.03. The van der Waals surface area contributed by atoms with E-state index in [1.54, 1.807) is 26.1 Å². The Hall–Kier alpha value is -2.70. The lowest BCUT2D eigenvalue weighted by Gasteiger charge is -2.06. The smallest absolute Gasteiger partial charge is 0.408 e. The number of H-pyrrole nitrogens is 1. The van der Waals surface area contributed by atoms with Crippen molar-refractivity contribution in [1.29, 1.82) is 0 Å². The standard InChI is InChI=1S/C12H11N5O2/c1-6-14-11(13-2)10(17-16-6)7-3-4-8-9(5-7)19-12(18)15-8/h3-5H,1-2H3,(H,15,18)(H,13,14,16). The molecule has 19 heavy (non-hydrogen) atoms. The molecule has 3 rings (SSSR count). The maximum atomic E-state index is 11.1. The van der Waals surface area contributed by atoms with Gasteiger partial charge < -0.3 is 9.73 Å². The van der Waals surface area contributed by atoms with Gasteiger partial charge in [0.15, 0.2) is 11.4 Å². The van der Waals surface area contributed by atoms with Crippen LogP contribution >= 0.6 is 0 Å². The summed E-state index contributed by atoms with van der Waals surface area (Å²) in [5.41, 5.74) is 2.51. The lowest BCUT2D eigenvalue weighted by atomic mass is 10.1. The van der Waals surface area contributed by atoms with Gasteiger partial charge >= 0.3 is 5.76 Å². The Bertz CT molecular complexity index is 805. The molecule has 2 heterocycles. The third-order valence-electron chi connectivity index (χ3n) is 2.72. The molecule has 2 N–H and O–H groups in total. The average molecular weight is 257 g/mol. The number of anilines is 1. The van der Waals surface area contributed by atoms with Crippen LogP contribution in [-0.2, 0) is 0 Å². The van der Waals surface area contributed by atoms with E-state index in [1.807, 2.05) is 6.07 Å². The minimum atomic E-state index is -0.478. The molecule has 0 aliphatic rings. The summed E-state index contributed by atoms with van der Waals surface area (Å²) < 4.78 is 5.03. The van der Waals surface area contributed by atoms with Crippen molar-refractivity contribution in [2.75, 3.05) is 12.4 Å².